The van der Waals surface area contributed by atoms with E-state index in [0.29, 0.717) is 18.0 Å². The summed E-state index contributed by atoms with van der Waals surface area (Å²) in [6.07, 6.45) is 2.54. The highest BCUT2D eigenvalue weighted by atomic mass is 79.9. The van der Waals surface area contributed by atoms with Crippen molar-refractivity contribution in [2.75, 3.05) is 13.1 Å². The molecule has 1 saturated heterocycles. The van der Waals surface area contributed by atoms with Gasteiger partial charge in [0.1, 0.15) is 5.76 Å². The van der Waals surface area contributed by atoms with Gasteiger partial charge >= 0.3 is 0 Å². The molecule has 0 amide bonds. The van der Waals surface area contributed by atoms with Gasteiger partial charge in [-0.1, -0.05) is 6.92 Å². The molecular formula is C13H21BrN2O. The molecule has 1 aliphatic rings. The van der Waals surface area contributed by atoms with E-state index in [9.17, 15) is 0 Å². The monoisotopic (exact) mass is 300 g/mol. The molecule has 3 atom stereocenters. The molecule has 3 unspecified atom stereocenters. The standard InChI is InChI=1S/C13H21BrN2O/c1-9-4-3-7-16(11(9)8-15)10(2)12-5-6-13(14)17-12/h5-6,9-11H,3-4,7-8,15H2,1-2H3. The molecule has 3 nitrogen and oxygen atoms in total. The van der Waals surface area contributed by atoms with Crippen molar-refractivity contribution in [2.24, 2.45) is 11.7 Å². The summed E-state index contributed by atoms with van der Waals surface area (Å²) in [5.41, 5.74) is 5.92. The van der Waals surface area contributed by atoms with Crippen molar-refractivity contribution in [1.82, 2.24) is 4.90 Å². The summed E-state index contributed by atoms with van der Waals surface area (Å²) in [6, 6.07) is 4.78. The fourth-order valence-corrected chi connectivity index (χ4v) is 3.16. The highest BCUT2D eigenvalue weighted by Crippen LogP contribution is 2.32. The number of hydrogen-bond donors (Lipinski definition) is 1. The average Bonchev–Trinajstić information content (AvgIpc) is 2.74. The molecule has 0 aromatic carbocycles. The molecule has 2 rings (SSSR count). The van der Waals surface area contributed by atoms with Crippen LogP contribution in [0, 0.1) is 5.92 Å². The normalized spacial score (nSPS) is 28.2. The molecule has 2 N–H and O–H groups in total. The number of piperidine rings is 1. The summed E-state index contributed by atoms with van der Waals surface area (Å²) in [5.74, 6) is 1.69. The van der Waals surface area contributed by atoms with E-state index in [1.54, 1.807) is 0 Å². The van der Waals surface area contributed by atoms with Crippen LogP contribution in [0.3, 0.4) is 0 Å². The second-order valence-electron chi connectivity index (χ2n) is 4.98. The Labute approximate surface area is 111 Å². The van der Waals surface area contributed by atoms with Crippen LogP contribution in [0.2, 0.25) is 0 Å². The SMILES string of the molecule is CC1CCCN(C(C)c2ccc(Br)o2)C1CN. The molecule has 1 aromatic heterocycles. The molecule has 96 valence electrons. The second-order valence-corrected chi connectivity index (χ2v) is 5.76. The number of hydrogen-bond acceptors (Lipinski definition) is 3. The van der Waals surface area contributed by atoms with E-state index in [1.807, 2.05) is 12.1 Å². The number of nitrogens with two attached hydrogens (primary N) is 1. The predicted octanol–water partition coefficient (Wildman–Crippen LogP) is 3.16. The molecule has 0 aliphatic carbocycles. The smallest absolute Gasteiger partial charge is 0.169 e. The molecule has 1 fully saturated rings. The summed E-state index contributed by atoms with van der Waals surface area (Å²) in [5, 5.41) is 0. The zero-order chi connectivity index (χ0) is 12.4. The van der Waals surface area contributed by atoms with E-state index in [4.69, 9.17) is 10.2 Å². The summed E-state index contributed by atoms with van der Waals surface area (Å²) in [7, 11) is 0. The minimum absolute atomic E-state index is 0.303. The van der Waals surface area contributed by atoms with Crippen LogP contribution in [0.15, 0.2) is 21.2 Å². The van der Waals surface area contributed by atoms with Crippen LogP contribution < -0.4 is 5.73 Å². The number of halogens is 1. The van der Waals surface area contributed by atoms with Crippen molar-refractivity contribution in [3.63, 3.8) is 0 Å². The molecule has 2 heterocycles. The summed E-state index contributed by atoms with van der Waals surface area (Å²) in [4.78, 5) is 2.49. The summed E-state index contributed by atoms with van der Waals surface area (Å²) < 4.78 is 6.46. The molecule has 17 heavy (non-hydrogen) atoms. The Balaban J connectivity index is 2.14. The van der Waals surface area contributed by atoms with Crippen molar-refractivity contribution < 1.29 is 4.42 Å². The lowest BCUT2D eigenvalue weighted by Gasteiger charge is -2.42. The van der Waals surface area contributed by atoms with Gasteiger partial charge in [-0.3, -0.25) is 4.90 Å². The summed E-state index contributed by atoms with van der Waals surface area (Å²) >= 11 is 3.36. The maximum absolute atomic E-state index is 5.92. The van der Waals surface area contributed by atoms with Gasteiger partial charge in [0.15, 0.2) is 4.67 Å². The molecular weight excluding hydrogens is 280 g/mol. The Bertz CT molecular complexity index is 366. The number of furan rings is 1. The lowest BCUT2D eigenvalue weighted by atomic mass is 9.89. The van der Waals surface area contributed by atoms with Gasteiger partial charge in [-0.05, 0) is 60.3 Å². The molecule has 0 bridgehead atoms. The van der Waals surface area contributed by atoms with Crippen molar-refractivity contribution in [3.05, 3.63) is 22.6 Å². The van der Waals surface area contributed by atoms with Gasteiger partial charge in [0, 0.05) is 12.6 Å². The van der Waals surface area contributed by atoms with Crippen LogP contribution in [0.25, 0.3) is 0 Å². The first-order chi connectivity index (χ1) is 8.13. The van der Waals surface area contributed by atoms with Crippen LogP contribution >= 0.6 is 15.9 Å². The largest absolute Gasteiger partial charge is 0.453 e. The van der Waals surface area contributed by atoms with Crippen molar-refractivity contribution in [1.29, 1.82) is 0 Å². The van der Waals surface area contributed by atoms with Gasteiger partial charge in [0.25, 0.3) is 0 Å². The number of rotatable bonds is 3. The molecule has 4 heteroatoms. The second kappa shape index (κ2) is 5.55. The van der Waals surface area contributed by atoms with Gasteiger partial charge in [0.05, 0.1) is 6.04 Å². The number of nitrogens with zero attached hydrogens (tertiary/aromatic N) is 1. The van der Waals surface area contributed by atoms with E-state index in [-0.39, 0.29) is 0 Å². The Hall–Kier alpha value is -0.320. The van der Waals surface area contributed by atoms with Gasteiger partial charge in [-0.25, -0.2) is 0 Å². The predicted molar refractivity (Wildman–Crippen MR) is 72.8 cm³/mol. The fraction of sp³-hybridized carbons (Fsp3) is 0.692. The Morgan fingerprint density at radius 1 is 1.59 bits per heavy atom. The third kappa shape index (κ3) is 2.75. The average molecular weight is 301 g/mol. The van der Waals surface area contributed by atoms with Crippen LogP contribution in [0.4, 0.5) is 0 Å². The van der Waals surface area contributed by atoms with E-state index in [2.05, 4.69) is 34.7 Å². The Kier molecular flexibility index (Phi) is 4.28. The first-order valence-electron chi connectivity index (χ1n) is 6.34. The van der Waals surface area contributed by atoms with Crippen molar-refractivity contribution in [3.8, 4) is 0 Å². The minimum atomic E-state index is 0.303. The summed E-state index contributed by atoms with van der Waals surface area (Å²) in [6.45, 7) is 6.35. The van der Waals surface area contributed by atoms with Crippen LogP contribution in [-0.4, -0.2) is 24.0 Å². The quantitative estimate of drug-likeness (QED) is 0.932. The Morgan fingerprint density at radius 2 is 2.35 bits per heavy atom. The molecule has 0 saturated carbocycles. The molecule has 0 radical (unpaired) electrons. The first kappa shape index (κ1) is 13.1. The first-order valence-corrected chi connectivity index (χ1v) is 7.13. The van der Waals surface area contributed by atoms with Crippen molar-refractivity contribution in [2.45, 2.75) is 38.8 Å². The van der Waals surface area contributed by atoms with Crippen LogP contribution in [0.1, 0.15) is 38.5 Å². The van der Waals surface area contributed by atoms with E-state index in [1.165, 1.54) is 12.8 Å². The maximum atomic E-state index is 5.92. The highest BCUT2D eigenvalue weighted by Gasteiger charge is 2.32. The van der Waals surface area contributed by atoms with Gasteiger partial charge in [-0.15, -0.1) is 0 Å². The van der Waals surface area contributed by atoms with Gasteiger partial charge in [-0.2, -0.15) is 0 Å². The van der Waals surface area contributed by atoms with E-state index in [0.717, 1.165) is 23.5 Å². The van der Waals surface area contributed by atoms with E-state index < -0.39 is 0 Å². The van der Waals surface area contributed by atoms with E-state index >= 15 is 0 Å². The van der Waals surface area contributed by atoms with Crippen LogP contribution in [0.5, 0.6) is 0 Å². The molecule has 1 aromatic rings. The van der Waals surface area contributed by atoms with Gasteiger partial charge in [0.2, 0.25) is 0 Å². The lowest BCUT2D eigenvalue weighted by Crippen LogP contribution is -2.49. The zero-order valence-corrected chi connectivity index (χ0v) is 12.1. The van der Waals surface area contributed by atoms with Gasteiger partial charge < -0.3 is 10.2 Å². The highest BCUT2D eigenvalue weighted by molar-refractivity contribution is 9.10. The molecule has 1 aliphatic heterocycles. The third-order valence-corrected chi connectivity index (χ3v) is 4.33. The fourth-order valence-electron chi connectivity index (χ4n) is 2.85. The minimum Gasteiger partial charge on any atom is -0.453 e. The topological polar surface area (TPSA) is 42.4 Å². The lowest BCUT2D eigenvalue weighted by molar-refractivity contribution is 0.0595. The number of likely N-dealkylation sites (tertiary alicyclic amines) is 1. The third-order valence-electron chi connectivity index (χ3n) is 3.90. The maximum Gasteiger partial charge on any atom is 0.169 e. The molecule has 0 spiro atoms. The Morgan fingerprint density at radius 3 is 2.94 bits per heavy atom. The van der Waals surface area contributed by atoms with Crippen LogP contribution in [-0.2, 0) is 0 Å². The van der Waals surface area contributed by atoms with Crippen molar-refractivity contribution >= 4 is 15.9 Å². The zero-order valence-electron chi connectivity index (χ0n) is 10.5.